The molecule has 4 rings (SSSR count). The lowest BCUT2D eigenvalue weighted by molar-refractivity contribution is 0.348. The third kappa shape index (κ3) is 5.97. The van der Waals surface area contributed by atoms with Gasteiger partial charge in [-0.1, -0.05) is 24.6 Å². The Morgan fingerprint density at radius 1 is 1.13 bits per heavy atom. The number of rotatable bonds is 10. The number of nitrogens with zero attached hydrogens (tertiary/aromatic N) is 4. The number of nitrogens with two attached hydrogens (primary N) is 1. The molecule has 0 aliphatic heterocycles. The Morgan fingerprint density at radius 3 is 2.50 bits per heavy atom. The molecule has 2 atom stereocenters. The number of benzene rings is 1. The summed E-state index contributed by atoms with van der Waals surface area (Å²) in [6.45, 7) is 5.56. The highest BCUT2D eigenvalue weighted by Gasteiger charge is 2.24. The Kier molecular flexibility index (Phi) is 8.32. The van der Waals surface area contributed by atoms with E-state index in [1.54, 1.807) is 19.1 Å². The molecule has 0 radical (unpaired) electrons. The van der Waals surface area contributed by atoms with Gasteiger partial charge in [0.05, 0.1) is 27.6 Å². The lowest BCUT2D eigenvalue weighted by atomic mass is 9.97. The molecule has 1 aromatic carbocycles. The van der Waals surface area contributed by atoms with E-state index in [0.29, 0.717) is 37.1 Å². The Hall–Kier alpha value is -3.51. The van der Waals surface area contributed by atoms with Gasteiger partial charge in [0, 0.05) is 18.7 Å². The molecule has 0 amide bonds. The smallest absolute Gasteiger partial charge is 0.270 e. The highest BCUT2D eigenvalue weighted by atomic mass is 32.2. The maximum Gasteiger partial charge on any atom is 0.270 e. The van der Waals surface area contributed by atoms with E-state index >= 15 is 0 Å². The van der Waals surface area contributed by atoms with Crippen molar-refractivity contribution in [3.63, 3.8) is 0 Å². The molecular weight excluding hydrogens is 514 g/mol. The van der Waals surface area contributed by atoms with Gasteiger partial charge in [-0.2, -0.15) is 0 Å². The number of nitrogen functional groups attached to an aromatic ring is 1. The van der Waals surface area contributed by atoms with Crippen molar-refractivity contribution in [2.45, 2.75) is 56.4 Å². The first-order valence-corrected chi connectivity index (χ1v) is 13.9. The maximum absolute atomic E-state index is 14.8. The second kappa shape index (κ2) is 11.5. The summed E-state index contributed by atoms with van der Waals surface area (Å²) in [7, 11) is -3.42. The van der Waals surface area contributed by atoms with E-state index in [-0.39, 0.29) is 40.3 Å². The van der Waals surface area contributed by atoms with Crippen molar-refractivity contribution in [3.8, 4) is 22.8 Å². The van der Waals surface area contributed by atoms with Gasteiger partial charge in [0.2, 0.25) is 5.89 Å². The Morgan fingerprint density at radius 2 is 1.84 bits per heavy atom. The van der Waals surface area contributed by atoms with Crippen LogP contribution < -0.4 is 11.1 Å². The molecule has 1 aliphatic carbocycles. The minimum Gasteiger partial charge on any atom is -0.415 e. The van der Waals surface area contributed by atoms with E-state index in [1.165, 1.54) is 31.3 Å². The number of hydrogen-bond donors (Lipinski definition) is 2. The van der Waals surface area contributed by atoms with E-state index in [1.807, 2.05) is 6.92 Å². The quantitative estimate of drug-likeness (QED) is 0.372. The molecule has 2 aromatic heterocycles. The van der Waals surface area contributed by atoms with Crippen LogP contribution in [0.3, 0.4) is 0 Å². The fourth-order valence-corrected chi connectivity index (χ4v) is 5.35. The van der Waals surface area contributed by atoms with Gasteiger partial charge < -0.3 is 15.5 Å². The standard InChI is InChI=1S/C26H30F2N6O3S/c1-4-16(3)38(35,36)19-8-6-18(7-9-19)22-14-31-24(29)23(32-22)26-34-33-25(37-26)20-10-5-17(11-21(20)28)13-30-12-15(2)27/h6-9,11,14-16,30H,4-5,10,12-13H2,1-3H3,(H2,29,31)/t15-,16?/m1/s1. The Bertz CT molecular complexity index is 1470. The number of nitrogens with one attached hydrogen (secondary N) is 1. The maximum atomic E-state index is 14.8. The molecule has 38 heavy (non-hydrogen) atoms. The number of aromatic nitrogens is 4. The molecule has 0 fully saturated rings. The van der Waals surface area contributed by atoms with Crippen molar-refractivity contribution < 1.29 is 21.6 Å². The van der Waals surface area contributed by atoms with Gasteiger partial charge >= 0.3 is 0 Å². The first-order valence-electron chi connectivity index (χ1n) is 12.3. The zero-order chi connectivity index (χ0) is 27.4. The summed E-state index contributed by atoms with van der Waals surface area (Å²) < 4.78 is 58.7. The van der Waals surface area contributed by atoms with E-state index in [4.69, 9.17) is 10.2 Å². The Balaban J connectivity index is 1.56. The van der Waals surface area contributed by atoms with Crippen molar-refractivity contribution >= 4 is 21.2 Å². The van der Waals surface area contributed by atoms with Gasteiger partial charge in [0.1, 0.15) is 12.0 Å². The van der Waals surface area contributed by atoms with Crippen LogP contribution in [0.15, 0.2) is 57.3 Å². The largest absolute Gasteiger partial charge is 0.415 e. The number of allylic oxidation sites excluding steroid dienone is 3. The molecule has 12 heteroatoms. The van der Waals surface area contributed by atoms with Crippen LogP contribution >= 0.6 is 0 Å². The summed E-state index contributed by atoms with van der Waals surface area (Å²) in [5.74, 6) is -0.439. The molecule has 1 aliphatic rings. The normalized spacial score (nSPS) is 15.9. The summed E-state index contributed by atoms with van der Waals surface area (Å²) in [6.07, 6.45) is 3.30. The van der Waals surface area contributed by atoms with Crippen LogP contribution in [0.25, 0.3) is 28.4 Å². The van der Waals surface area contributed by atoms with Crippen molar-refractivity contribution in [1.82, 2.24) is 25.5 Å². The lowest BCUT2D eigenvalue weighted by Crippen LogP contribution is -2.24. The van der Waals surface area contributed by atoms with Gasteiger partial charge in [0.15, 0.2) is 21.3 Å². The number of sulfone groups is 1. The van der Waals surface area contributed by atoms with Crippen molar-refractivity contribution in [3.05, 3.63) is 53.8 Å². The molecule has 3 aromatic rings. The second-order valence-corrected chi connectivity index (χ2v) is 11.6. The molecule has 9 nitrogen and oxygen atoms in total. The molecule has 1 unspecified atom stereocenters. The van der Waals surface area contributed by atoms with E-state index < -0.39 is 27.1 Å². The predicted molar refractivity (Wildman–Crippen MR) is 141 cm³/mol. The van der Waals surface area contributed by atoms with Crippen molar-refractivity contribution in [2.24, 2.45) is 0 Å². The van der Waals surface area contributed by atoms with Crippen LogP contribution in [-0.4, -0.2) is 53.1 Å². The molecule has 2 heterocycles. The third-order valence-electron chi connectivity index (χ3n) is 6.36. The van der Waals surface area contributed by atoms with Gasteiger partial charge in [-0.25, -0.2) is 27.2 Å². The van der Waals surface area contributed by atoms with Gasteiger partial charge in [-0.3, -0.25) is 0 Å². The summed E-state index contributed by atoms with van der Waals surface area (Å²) in [6, 6.07) is 6.36. The van der Waals surface area contributed by atoms with Gasteiger partial charge in [-0.05, 0) is 51.3 Å². The monoisotopic (exact) mass is 544 g/mol. The predicted octanol–water partition coefficient (Wildman–Crippen LogP) is 4.70. The highest BCUT2D eigenvalue weighted by molar-refractivity contribution is 7.92. The van der Waals surface area contributed by atoms with Crippen LogP contribution in [0.2, 0.25) is 0 Å². The number of alkyl halides is 1. The average Bonchev–Trinajstić information content (AvgIpc) is 3.38. The summed E-state index contributed by atoms with van der Waals surface area (Å²) in [5.41, 5.74) is 8.29. The molecule has 202 valence electrons. The van der Waals surface area contributed by atoms with Crippen LogP contribution in [0.1, 0.15) is 45.9 Å². The highest BCUT2D eigenvalue weighted by Crippen LogP contribution is 2.34. The molecule has 0 saturated heterocycles. The summed E-state index contributed by atoms with van der Waals surface area (Å²) >= 11 is 0. The lowest BCUT2D eigenvalue weighted by Gasteiger charge is -2.15. The number of halogens is 2. The van der Waals surface area contributed by atoms with Crippen LogP contribution in [0, 0.1) is 0 Å². The number of hydrogen-bond acceptors (Lipinski definition) is 9. The minimum atomic E-state index is -3.42. The fraction of sp³-hybridized carbons (Fsp3) is 0.385. The molecule has 0 bridgehead atoms. The number of anilines is 1. The first-order chi connectivity index (χ1) is 18.1. The fourth-order valence-electron chi connectivity index (χ4n) is 3.93. The van der Waals surface area contributed by atoms with Gasteiger partial charge in [-0.15, -0.1) is 10.2 Å². The summed E-state index contributed by atoms with van der Waals surface area (Å²) in [4.78, 5) is 8.90. The molecule has 3 N–H and O–H groups in total. The molecule has 0 spiro atoms. The first kappa shape index (κ1) is 27.5. The zero-order valence-electron chi connectivity index (χ0n) is 21.4. The summed E-state index contributed by atoms with van der Waals surface area (Å²) in [5, 5.41) is 10.5. The van der Waals surface area contributed by atoms with Crippen molar-refractivity contribution in [2.75, 3.05) is 18.8 Å². The van der Waals surface area contributed by atoms with Crippen molar-refractivity contribution in [1.29, 1.82) is 0 Å². The zero-order valence-corrected chi connectivity index (χ0v) is 22.2. The van der Waals surface area contributed by atoms with E-state index in [0.717, 1.165) is 5.57 Å². The molecular formula is C26H30F2N6O3S. The van der Waals surface area contributed by atoms with Crippen LogP contribution in [-0.2, 0) is 9.84 Å². The van der Waals surface area contributed by atoms with Crippen LogP contribution in [0.4, 0.5) is 14.6 Å². The minimum absolute atomic E-state index is 0.0171. The van der Waals surface area contributed by atoms with Gasteiger partial charge in [0.25, 0.3) is 5.89 Å². The molecule has 0 saturated carbocycles. The third-order valence-corrected chi connectivity index (χ3v) is 8.68. The van der Waals surface area contributed by atoms with E-state index in [9.17, 15) is 17.2 Å². The SMILES string of the molecule is CCC(C)S(=O)(=O)c1ccc(-c2cnc(N)c(-c3nnc(C4=C(F)C=C(CNC[C@@H](C)F)CC4)o3)n2)cc1. The van der Waals surface area contributed by atoms with E-state index in [2.05, 4.69) is 25.5 Å². The second-order valence-electron chi connectivity index (χ2n) is 9.23. The Labute approximate surface area is 220 Å². The average molecular weight is 545 g/mol. The van der Waals surface area contributed by atoms with Crippen LogP contribution in [0.5, 0.6) is 0 Å². The topological polar surface area (TPSA) is 137 Å².